The first-order valence-corrected chi connectivity index (χ1v) is 29.5. The van der Waals surface area contributed by atoms with E-state index < -0.39 is 11.2 Å². The summed E-state index contributed by atoms with van der Waals surface area (Å²) in [7, 11) is 0. The summed E-state index contributed by atoms with van der Waals surface area (Å²) in [6, 6.07) is 9.20. The van der Waals surface area contributed by atoms with Crippen molar-refractivity contribution < 1.29 is 38.0 Å². The number of hydrogen-bond acceptors (Lipinski definition) is 8. The number of unbranched alkanes of at least 4 members (excludes halogenated alkanes) is 2. The van der Waals surface area contributed by atoms with E-state index in [1.807, 2.05) is 71.0 Å². The van der Waals surface area contributed by atoms with E-state index in [0.29, 0.717) is 58.9 Å². The summed E-state index contributed by atoms with van der Waals surface area (Å²) >= 11 is 0. The highest BCUT2D eigenvalue weighted by molar-refractivity contribution is 5.91. The molecule has 0 aliphatic heterocycles. The third kappa shape index (κ3) is 13.0. The Morgan fingerprint density at radius 2 is 1.14 bits per heavy atom. The van der Waals surface area contributed by atoms with Gasteiger partial charge in [0.1, 0.15) is 11.2 Å². The van der Waals surface area contributed by atoms with Gasteiger partial charge in [-0.3, -0.25) is 0 Å². The molecule has 7 unspecified atom stereocenters. The quantitative estimate of drug-likeness (QED) is 0.0305. The first kappa shape index (κ1) is 60.7. The van der Waals surface area contributed by atoms with Gasteiger partial charge in [-0.1, -0.05) is 90.8 Å². The van der Waals surface area contributed by atoms with Crippen molar-refractivity contribution in [2.45, 2.75) is 268 Å². The van der Waals surface area contributed by atoms with Crippen LogP contribution in [0.2, 0.25) is 0 Å². The lowest BCUT2D eigenvalue weighted by atomic mass is 9.61. The average molecular weight is 1030 g/mol. The zero-order valence-electron chi connectivity index (χ0n) is 50.8. The number of rotatable bonds is 32. The van der Waals surface area contributed by atoms with Crippen LogP contribution in [0.5, 0.6) is 0 Å². The van der Waals surface area contributed by atoms with Crippen LogP contribution >= 0.6 is 0 Å². The van der Waals surface area contributed by atoms with Gasteiger partial charge in [-0.15, -0.1) is 0 Å². The van der Waals surface area contributed by atoms with E-state index in [-0.39, 0.29) is 45.2 Å². The van der Waals surface area contributed by atoms with Crippen molar-refractivity contribution in [2.24, 2.45) is 50.2 Å². The largest absolute Gasteiger partial charge is 0.456 e. The summed E-state index contributed by atoms with van der Waals surface area (Å²) in [6.45, 7) is 44.6. The number of ether oxygens (including phenoxy) is 6. The molecule has 1 aromatic rings. The Balaban J connectivity index is 0.864. The van der Waals surface area contributed by atoms with Crippen LogP contribution in [-0.4, -0.2) is 72.0 Å². The van der Waals surface area contributed by atoms with Crippen LogP contribution in [0.25, 0.3) is 0 Å². The monoisotopic (exact) mass is 1030 g/mol. The molecule has 74 heavy (non-hydrogen) atoms. The fourth-order valence-corrected chi connectivity index (χ4v) is 15.2. The third-order valence-corrected chi connectivity index (χ3v) is 20.7. The second-order valence-corrected chi connectivity index (χ2v) is 29.5. The van der Waals surface area contributed by atoms with Gasteiger partial charge in [0.2, 0.25) is 0 Å². The molecule has 5 fully saturated rings. The zero-order valence-corrected chi connectivity index (χ0v) is 50.8. The van der Waals surface area contributed by atoms with E-state index in [0.717, 1.165) is 82.3 Å². The molecule has 0 aromatic heterocycles. The second kappa shape index (κ2) is 22.0. The molecule has 0 N–H and O–H groups in total. The maximum atomic E-state index is 12.8. The molecule has 7 atom stereocenters. The molecule has 0 amide bonds. The normalized spacial score (nSPS) is 28.1. The number of allylic oxidation sites excluding steroid dienone is 2. The summed E-state index contributed by atoms with van der Waals surface area (Å²) in [5.74, 6) is 2.18. The van der Waals surface area contributed by atoms with Crippen LogP contribution in [0, 0.1) is 50.2 Å². The van der Waals surface area contributed by atoms with Crippen molar-refractivity contribution in [1.82, 2.24) is 0 Å². The highest BCUT2D eigenvalue weighted by Crippen LogP contribution is 3.15. The highest BCUT2D eigenvalue weighted by atomic mass is 16.6. The SMILES string of the molecule is CC=C(C=CCC)C(=O)OC(C)(C)CCOC(C)(C)C(C)(C)CCCCOC(C)(C)CC1(C)CCC2C(C1)C1CC13C1(CC(C)(C)OCCCCC(C)(C)C(C)(C)OCCC(C)(C)OC(=O)c4ccccc4)CC213. The van der Waals surface area contributed by atoms with Gasteiger partial charge in [-0.2, -0.15) is 0 Å². The van der Waals surface area contributed by atoms with Gasteiger partial charge in [0.15, 0.2) is 0 Å². The lowest BCUT2D eigenvalue weighted by Gasteiger charge is -2.46. The van der Waals surface area contributed by atoms with Crippen molar-refractivity contribution in [1.29, 1.82) is 0 Å². The van der Waals surface area contributed by atoms with E-state index >= 15 is 0 Å². The summed E-state index contributed by atoms with van der Waals surface area (Å²) in [4.78, 5) is 25.5. The minimum atomic E-state index is -0.622. The fraction of sp³-hybridized carbons (Fsp3) is 0.818. The third-order valence-electron chi connectivity index (χ3n) is 20.7. The molecule has 0 saturated heterocycles. The molecular formula is C66H108O8. The van der Waals surface area contributed by atoms with Crippen LogP contribution < -0.4 is 0 Å². The molecular weight excluding hydrogens is 921 g/mol. The maximum Gasteiger partial charge on any atom is 0.338 e. The number of carbonyl (C=O) groups excluding carboxylic acids is 2. The van der Waals surface area contributed by atoms with Crippen molar-refractivity contribution in [2.75, 3.05) is 26.4 Å². The van der Waals surface area contributed by atoms with Crippen molar-refractivity contribution >= 4 is 11.9 Å². The molecule has 0 radical (unpaired) electrons. The summed E-state index contributed by atoms with van der Waals surface area (Å²) in [6.07, 6.45) is 23.6. The van der Waals surface area contributed by atoms with Crippen LogP contribution in [0.4, 0.5) is 0 Å². The van der Waals surface area contributed by atoms with E-state index in [2.05, 4.69) is 96.9 Å². The molecule has 6 rings (SSSR count). The van der Waals surface area contributed by atoms with Gasteiger partial charge >= 0.3 is 11.9 Å². The predicted molar refractivity (Wildman–Crippen MR) is 302 cm³/mol. The average Bonchev–Trinajstić information content (AvgIpc) is 4.22. The van der Waals surface area contributed by atoms with E-state index in [4.69, 9.17) is 28.4 Å². The van der Waals surface area contributed by atoms with Gasteiger partial charge in [-0.05, 0) is 229 Å². The van der Waals surface area contributed by atoms with Crippen LogP contribution in [0.1, 0.15) is 245 Å². The molecule has 5 saturated carbocycles. The number of benzene rings is 1. The van der Waals surface area contributed by atoms with Crippen LogP contribution in [0.3, 0.4) is 0 Å². The zero-order chi connectivity index (χ0) is 55.1. The number of fused-ring (bicyclic) bond motifs is 2. The molecule has 5 aliphatic rings. The molecule has 0 heterocycles. The Morgan fingerprint density at radius 3 is 1.66 bits per heavy atom. The van der Waals surface area contributed by atoms with Gasteiger partial charge in [0, 0.05) is 26.1 Å². The van der Waals surface area contributed by atoms with Gasteiger partial charge in [0.05, 0.1) is 46.8 Å². The standard InChI is InChI=1S/C66H108O8/c1-20-22-30-48(21-2)53(67)73-57(7,8)37-41-71-61(15,16)55(3,4)34-26-28-39-69-59(11,12)45-63(19)36-33-51-50(43-63)52-44-65(52)64(47-66(51,64)65)46-60(13,14)70-40-29-27-35-56(5,6)62(17,18)72-42-38-58(9,10)74-54(68)49-31-24-23-25-32-49/h21-25,30-32,50-52H,20,26-29,33-47H2,1-19H3. The summed E-state index contributed by atoms with van der Waals surface area (Å²) in [5, 5.41) is 0. The van der Waals surface area contributed by atoms with Gasteiger partial charge in [-0.25, -0.2) is 9.59 Å². The maximum absolute atomic E-state index is 12.8. The Kier molecular flexibility index (Phi) is 18.0. The Morgan fingerprint density at radius 1 is 0.608 bits per heavy atom. The van der Waals surface area contributed by atoms with Crippen molar-refractivity contribution in [3.05, 3.63) is 59.7 Å². The molecule has 0 bridgehead atoms. The first-order chi connectivity index (χ1) is 34.1. The van der Waals surface area contributed by atoms with Gasteiger partial charge in [0.25, 0.3) is 0 Å². The Hall–Kier alpha value is -2.52. The molecule has 420 valence electrons. The number of carbonyl (C=O) groups is 2. The Bertz CT molecular complexity index is 2140. The summed E-state index contributed by atoms with van der Waals surface area (Å²) in [5.41, 5.74) is 1.14. The fourth-order valence-electron chi connectivity index (χ4n) is 15.2. The molecule has 1 aromatic carbocycles. The lowest BCUT2D eigenvalue weighted by Crippen LogP contribution is -2.43. The Labute approximate surface area is 452 Å². The number of esters is 2. The molecule has 2 spiro atoms. The number of hydrogen-bond donors (Lipinski definition) is 0. The van der Waals surface area contributed by atoms with E-state index in [1.54, 1.807) is 12.1 Å². The van der Waals surface area contributed by atoms with Crippen molar-refractivity contribution in [3.8, 4) is 0 Å². The second-order valence-electron chi connectivity index (χ2n) is 29.5. The highest BCUT2D eigenvalue weighted by Gasteiger charge is 3.10. The van der Waals surface area contributed by atoms with Crippen LogP contribution in [-0.2, 0) is 33.2 Å². The lowest BCUT2D eigenvalue weighted by molar-refractivity contribution is -0.156. The topological polar surface area (TPSA) is 89.5 Å². The molecule has 8 nitrogen and oxygen atoms in total. The van der Waals surface area contributed by atoms with Gasteiger partial charge < -0.3 is 28.4 Å². The predicted octanol–water partition coefficient (Wildman–Crippen LogP) is 16.8. The minimum Gasteiger partial charge on any atom is -0.456 e. The van der Waals surface area contributed by atoms with Crippen molar-refractivity contribution in [3.63, 3.8) is 0 Å². The summed E-state index contributed by atoms with van der Waals surface area (Å²) < 4.78 is 38.4. The molecule has 8 heteroatoms. The minimum absolute atomic E-state index is 0.0223. The van der Waals surface area contributed by atoms with Crippen LogP contribution in [0.15, 0.2) is 54.1 Å². The molecule has 5 aliphatic carbocycles. The van der Waals surface area contributed by atoms with E-state index in [9.17, 15) is 9.59 Å². The smallest absolute Gasteiger partial charge is 0.338 e. The first-order valence-electron chi connectivity index (χ1n) is 29.5. The van der Waals surface area contributed by atoms with E-state index in [1.165, 1.54) is 38.5 Å².